The molecule has 0 unspecified atom stereocenters. The summed E-state index contributed by atoms with van der Waals surface area (Å²) < 4.78 is 5.82. The molecule has 0 atom stereocenters. The van der Waals surface area contributed by atoms with Gasteiger partial charge in [-0.15, -0.1) is 0 Å². The Bertz CT molecular complexity index is 574. The van der Waals surface area contributed by atoms with Crippen LogP contribution < -0.4 is 15.8 Å². The van der Waals surface area contributed by atoms with E-state index < -0.39 is 0 Å². The van der Waals surface area contributed by atoms with Crippen LogP contribution in [0.4, 0.5) is 11.8 Å². The summed E-state index contributed by atoms with van der Waals surface area (Å²) in [6.07, 6.45) is 7.02. The molecule has 0 saturated heterocycles. The van der Waals surface area contributed by atoms with Crippen molar-refractivity contribution in [2.24, 2.45) is 0 Å². The molecule has 1 heterocycles. The molecule has 124 valence electrons. The number of nitrogens with zero attached hydrogens (tertiary/aromatic N) is 2. The molecular weight excluding hydrogens is 288 g/mol. The average molecular weight is 314 g/mol. The zero-order valence-electron chi connectivity index (χ0n) is 13.8. The summed E-state index contributed by atoms with van der Waals surface area (Å²) in [6, 6.07) is 10.5. The topological polar surface area (TPSA) is 73.1 Å². The summed E-state index contributed by atoms with van der Waals surface area (Å²) in [4.78, 5) is 8.24. The van der Waals surface area contributed by atoms with Gasteiger partial charge in [0.2, 0.25) is 5.95 Å². The number of benzene rings is 1. The number of unbranched alkanes of at least 4 members (excludes halogenated alkanes) is 2. The Morgan fingerprint density at radius 1 is 1.13 bits per heavy atom. The molecule has 0 radical (unpaired) electrons. The summed E-state index contributed by atoms with van der Waals surface area (Å²) >= 11 is 0. The van der Waals surface area contributed by atoms with Crippen LogP contribution in [0.5, 0.6) is 5.75 Å². The van der Waals surface area contributed by atoms with Gasteiger partial charge in [0.05, 0.1) is 12.8 Å². The summed E-state index contributed by atoms with van der Waals surface area (Å²) in [5.41, 5.74) is 7.02. The molecule has 0 aliphatic heterocycles. The number of hydrogen-bond donors (Lipinski definition) is 2. The van der Waals surface area contributed by atoms with Crippen molar-refractivity contribution in [3.05, 3.63) is 42.1 Å². The van der Waals surface area contributed by atoms with Crippen LogP contribution in [0.25, 0.3) is 0 Å². The lowest BCUT2D eigenvalue weighted by Crippen LogP contribution is -2.09. The van der Waals surface area contributed by atoms with E-state index >= 15 is 0 Å². The predicted octanol–water partition coefficient (Wildman–Crippen LogP) is 3.67. The fourth-order valence-corrected chi connectivity index (χ4v) is 2.26. The fourth-order valence-electron chi connectivity index (χ4n) is 2.26. The lowest BCUT2D eigenvalue weighted by atomic mass is 10.1. The molecule has 0 spiro atoms. The van der Waals surface area contributed by atoms with Gasteiger partial charge in [0.25, 0.3) is 0 Å². The summed E-state index contributed by atoms with van der Waals surface area (Å²) in [7, 11) is 0. The first-order valence-corrected chi connectivity index (χ1v) is 8.32. The maximum atomic E-state index is 5.82. The maximum Gasteiger partial charge on any atom is 0.222 e. The minimum Gasteiger partial charge on any atom is -0.488 e. The molecule has 0 fully saturated rings. The number of nitrogens with two attached hydrogens (primary N) is 1. The number of nitrogen functional groups attached to an aromatic ring is 1. The Hall–Kier alpha value is -2.30. The van der Waals surface area contributed by atoms with Crippen molar-refractivity contribution in [2.75, 3.05) is 24.2 Å². The maximum absolute atomic E-state index is 5.82. The van der Waals surface area contributed by atoms with Crippen LogP contribution in [-0.4, -0.2) is 23.1 Å². The molecule has 23 heavy (non-hydrogen) atoms. The van der Waals surface area contributed by atoms with E-state index in [9.17, 15) is 0 Å². The van der Waals surface area contributed by atoms with Crippen molar-refractivity contribution >= 4 is 11.8 Å². The van der Waals surface area contributed by atoms with E-state index in [1.54, 1.807) is 6.20 Å². The minimum absolute atomic E-state index is 0.264. The van der Waals surface area contributed by atoms with Gasteiger partial charge in [-0.25, -0.2) is 4.98 Å². The Balaban J connectivity index is 1.76. The molecule has 2 aromatic rings. The number of ether oxygens (including phenoxy) is 1. The highest BCUT2D eigenvalue weighted by atomic mass is 16.5. The van der Waals surface area contributed by atoms with Gasteiger partial charge in [0.1, 0.15) is 0 Å². The van der Waals surface area contributed by atoms with Crippen molar-refractivity contribution in [3.8, 4) is 5.75 Å². The van der Waals surface area contributed by atoms with Gasteiger partial charge in [-0.3, -0.25) is 0 Å². The first-order valence-electron chi connectivity index (χ1n) is 8.32. The predicted molar refractivity (Wildman–Crippen MR) is 94.7 cm³/mol. The van der Waals surface area contributed by atoms with Gasteiger partial charge >= 0.3 is 0 Å². The molecule has 5 nitrogen and oxygen atoms in total. The van der Waals surface area contributed by atoms with E-state index in [0.29, 0.717) is 18.2 Å². The smallest absolute Gasteiger partial charge is 0.222 e. The molecule has 0 aliphatic carbocycles. The number of anilines is 2. The molecule has 0 saturated carbocycles. The molecule has 3 N–H and O–H groups in total. The number of rotatable bonds is 10. The number of hydrogen-bond acceptors (Lipinski definition) is 5. The summed E-state index contributed by atoms with van der Waals surface area (Å²) in [5, 5.41) is 3.27. The van der Waals surface area contributed by atoms with Gasteiger partial charge < -0.3 is 15.8 Å². The first-order chi connectivity index (χ1) is 11.3. The third kappa shape index (κ3) is 6.14. The Kier molecular flexibility index (Phi) is 7.17. The third-order valence-electron chi connectivity index (χ3n) is 3.56. The normalized spacial score (nSPS) is 10.5. The van der Waals surface area contributed by atoms with Gasteiger partial charge in [-0.05, 0) is 31.2 Å². The highest BCUT2D eigenvalue weighted by Crippen LogP contribution is 2.22. The van der Waals surface area contributed by atoms with Crippen LogP contribution in [0.15, 0.2) is 36.5 Å². The van der Waals surface area contributed by atoms with Crippen molar-refractivity contribution < 1.29 is 4.74 Å². The average Bonchev–Trinajstić information content (AvgIpc) is 2.57. The van der Waals surface area contributed by atoms with E-state index in [-0.39, 0.29) is 5.95 Å². The van der Waals surface area contributed by atoms with Crippen molar-refractivity contribution in [3.63, 3.8) is 0 Å². The minimum atomic E-state index is 0.264. The second kappa shape index (κ2) is 9.66. The number of nitrogens with one attached hydrogen (secondary N) is 1. The van der Waals surface area contributed by atoms with E-state index in [2.05, 4.69) is 46.5 Å². The molecule has 1 aromatic carbocycles. The van der Waals surface area contributed by atoms with Gasteiger partial charge in [-0.2, -0.15) is 4.98 Å². The van der Waals surface area contributed by atoms with Crippen LogP contribution in [-0.2, 0) is 6.42 Å². The Labute approximate surface area is 138 Å². The van der Waals surface area contributed by atoms with Crippen LogP contribution in [0.3, 0.4) is 0 Å². The fraction of sp³-hybridized carbons (Fsp3) is 0.444. The molecule has 0 aliphatic rings. The lowest BCUT2D eigenvalue weighted by molar-refractivity contribution is 0.306. The summed E-state index contributed by atoms with van der Waals surface area (Å²) in [5.74, 6) is 1.63. The second-order valence-corrected chi connectivity index (χ2v) is 5.51. The van der Waals surface area contributed by atoms with Gasteiger partial charge in [0, 0.05) is 6.54 Å². The lowest BCUT2D eigenvalue weighted by Gasteiger charge is -2.12. The van der Waals surface area contributed by atoms with Crippen molar-refractivity contribution in [1.82, 2.24) is 9.97 Å². The van der Waals surface area contributed by atoms with Crippen LogP contribution in [0.2, 0.25) is 0 Å². The first kappa shape index (κ1) is 17.1. The zero-order chi connectivity index (χ0) is 16.3. The quantitative estimate of drug-likeness (QED) is 0.655. The van der Waals surface area contributed by atoms with Gasteiger partial charge in [-0.1, -0.05) is 43.7 Å². The SMILES string of the molecule is CCCCNc1nc(N)ncc1OCCCCc1ccccc1. The van der Waals surface area contributed by atoms with E-state index in [0.717, 1.165) is 38.6 Å². The zero-order valence-corrected chi connectivity index (χ0v) is 13.8. The number of aryl methyl sites for hydroxylation is 1. The van der Waals surface area contributed by atoms with E-state index in [1.165, 1.54) is 5.56 Å². The number of aromatic nitrogens is 2. The molecule has 0 bridgehead atoms. The second-order valence-electron chi connectivity index (χ2n) is 5.51. The standard InChI is InChI=1S/C18H26N4O/c1-2-3-12-20-17-16(14-21-18(19)22-17)23-13-8-7-11-15-9-5-4-6-10-15/h4-6,9-10,14H,2-3,7-8,11-13H2,1H3,(H3,19,20,21,22). The molecular formula is C18H26N4O. The van der Waals surface area contributed by atoms with Crippen molar-refractivity contribution in [2.45, 2.75) is 39.0 Å². The molecule has 1 aromatic heterocycles. The van der Waals surface area contributed by atoms with Crippen molar-refractivity contribution in [1.29, 1.82) is 0 Å². The highest BCUT2D eigenvalue weighted by Gasteiger charge is 2.06. The largest absolute Gasteiger partial charge is 0.488 e. The Morgan fingerprint density at radius 2 is 1.96 bits per heavy atom. The van der Waals surface area contributed by atoms with Gasteiger partial charge in [0.15, 0.2) is 11.6 Å². The molecule has 0 amide bonds. The van der Waals surface area contributed by atoms with E-state index in [4.69, 9.17) is 10.5 Å². The third-order valence-corrected chi connectivity index (χ3v) is 3.56. The summed E-state index contributed by atoms with van der Waals surface area (Å²) in [6.45, 7) is 3.67. The van der Waals surface area contributed by atoms with Crippen LogP contribution in [0, 0.1) is 0 Å². The van der Waals surface area contributed by atoms with Crippen LogP contribution >= 0.6 is 0 Å². The van der Waals surface area contributed by atoms with E-state index in [1.807, 2.05) is 6.07 Å². The monoisotopic (exact) mass is 314 g/mol. The molecule has 2 rings (SSSR count). The Morgan fingerprint density at radius 3 is 2.74 bits per heavy atom. The highest BCUT2D eigenvalue weighted by molar-refractivity contribution is 5.51. The molecule has 5 heteroatoms. The van der Waals surface area contributed by atoms with Crippen LogP contribution in [0.1, 0.15) is 38.2 Å².